The third-order valence-corrected chi connectivity index (χ3v) is 5.45. The number of hydrogen-bond acceptors (Lipinski definition) is 6. The van der Waals surface area contributed by atoms with Crippen LogP contribution in [0, 0.1) is 5.92 Å². The number of pyridine rings is 2. The van der Waals surface area contributed by atoms with Crippen molar-refractivity contribution in [1.82, 2.24) is 19.5 Å². The first-order valence-electron chi connectivity index (χ1n) is 11.4. The number of nitrogens with one attached hydrogen (secondary N) is 2. The van der Waals surface area contributed by atoms with Gasteiger partial charge in [0.15, 0.2) is 5.65 Å². The van der Waals surface area contributed by atoms with Gasteiger partial charge in [0.05, 0.1) is 22.8 Å². The highest BCUT2D eigenvalue weighted by Crippen LogP contribution is 2.22. The molecule has 3 aromatic heterocycles. The molecule has 9 nitrogen and oxygen atoms in total. The molecule has 0 atom stereocenters. The number of H-pyrrole nitrogens is 1. The van der Waals surface area contributed by atoms with E-state index < -0.39 is 17.2 Å². The molecule has 1 amide bonds. The second-order valence-electron chi connectivity index (χ2n) is 8.74. The van der Waals surface area contributed by atoms with Crippen LogP contribution in [0.5, 0.6) is 0 Å². The number of aromatic nitrogens is 4. The van der Waals surface area contributed by atoms with E-state index in [4.69, 9.17) is 0 Å². The van der Waals surface area contributed by atoms with Crippen molar-refractivity contribution in [2.24, 2.45) is 5.92 Å². The molecule has 0 saturated heterocycles. The summed E-state index contributed by atoms with van der Waals surface area (Å²) in [6.45, 7) is 14.0. The maximum absolute atomic E-state index is 13.3. The minimum absolute atomic E-state index is 0.00198. The average Bonchev–Trinajstić information content (AvgIpc) is 2.77. The number of nitrogens with zero attached hydrogens (tertiary/aromatic N) is 4. The molecule has 9 heteroatoms. The number of carbonyl (C=O) groups is 1. The smallest absolute Gasteiger partial charge is 0.330 e. The zero-order chi connectivity index (χ0) is 24.3. The van der Waals surface area contributed by atoms with Gasteiger partial charge in [-0.05, 0) is 43.9 Å². The molecule has 0 radical (unpaired) electrons. The summed E-state index contributed by atoms with van der Waals surface area (Å²) in [5.41, 5.74) is 0.387. The van der Waals surface area contributed by atoms with E-state index in [0.29, 0.717) is 17.9 Å². The SMILES string of the molecule is CCN(CC)c1ccc(NC(=O)c2cc(C(C)C)nc3c2c(=O)[nH]c(=O)n3CC(C)C)cn1. The van der Waals surface area contributed by atoms with Crippen molar-refractivity contribution >= 4 is 28.4 Å². The van der Waals surface area contributed by atoms with Crippen molar-refractivity contribution in [3.63, 3.8) is 0 Å². The van der Waals surface area contributed by atoms with Crippen molar-refractivity contribution in [3.05, 3.63) is 56.5 Å². The van der Waals surface area contributed by atoms with Crippen molar-refractivity contribution in [2.75, 3.05) is 23.3 Å². The van der Waals surface area contributed by atoms with Crippen LogP contribution in [0.15, 0.2) is 34.0 Å². The molecule has 3 aromatic rings. The van der Waals surface area contributed by atoms with Gasteiger partial charge >= 0.3 is 5.69 Å². The van der Waals surface area contributed by atoms with Gasteiger partial charge in [0.1, 0.15) is 5.82 Å². The van der Waals surface area contributed by atoms with Crippen LogP contribution in [0.3, 0.4) is 0 Å². The number of anilines is 2. The fourth-order valence-corrected chi connectivity index (χ4v) is 3.70. The van der Waals surface area contributed by atoms with Gasteiger partial charge in [-0.25, -0.2) is 14.8 Å². The summed E-state index contributed by atoms with van der Waals surface area (Å²) in [6, 6.07) is 5.25. The lowest BCUT2D eigenvalue weighted by Gasteiger charge is -2.19. The van der Waals surface area contributed by atoms with Crippen molar-refractivity contribution < 1.29 is 4.79 Å². The number of rotatable bonds is 8. The summed E-state index contributed by atoms with van der Waals surface area (Å²) >= 11 is 0. The first kappa shape index (κ1) is 24.2. The van der Waals surface area contributed by atoms with E-state index in [0.717, 1.165) is 18.9 Å². The monoisotopic (exact) mass is 452 g/mol. The molecule has 0 unspecified atom stereocenters. The Kier molecular flexibility index (Phi) is 7.30. The lowest BCUT2D eigenvalue weighted by atomic mass is 10.0. The van der Waals surface area contributed by atoms with E-state index in [1.54, 1.807) is 18.3 Å². The van der Waals surface area contributed by atoms with Crippen LogP contribution in [0.2, 0.25) is 0 Å². The summed E-state index contributed by atoms with van der Waals surface area (Å²) in [5, 5.41) is 2.93. The Bertz CT molecular complexity index is 1250. The van der Waals surface area contributed by atoms with Gasteiger partial charge in [-0.1, -0.05) is 27.7 Å². The number of fused-ring (bicyclic) bond motifs is 1. The lowest BCUT2D eigenvalue weighted by Crippen LogP contribution is -2.33. The Hall–Kier alpha value is -3.49. The fourth-order valence-electron chi connectivity index (χ4n) is 3.70. The number of carbonyl (C=O) groups excluding carboxylic acids is 1. The third-order valence-electron chi connectivity index (χ3n) is 5.45. The van der Waals surface area contributed by atoms with Crippen LogP contribution in [0.4, 0.5) is 11.5 Å². The second kappa shape index (κ2) is 9.97. The van der Waals surface area contributed by atoms with Crippen molar-refractivity contribution in [3.8, 4) is 0 Å². The van der Waals surface area contributed by atoms with E-state index >= 15 is 0 Å². The number of amides is 1. The molecule has 0 spiro atoms. The van der Waals surface area contributed by atoms with Gasteiger partial charge in [0.2, 0.25) is 0 Å². The summed E-state index contributed by atoms with van der Waals surface area (Å²) in [4.78, 5) is 52.1. The van der Waals surface area contributed by atoms with Crippen LogP contribution < -0.4 is 21.5 Å². The van der Waals surface area contributed by atoms with E-state index in [2.05, 4.69) is 39.0 Å². The Morgan fingerprint density at radius 1 is 1.15 bits per heavy atom. The largest absolute Gasteiger partial charge is 0.357 e. The van der Waals surface area contributed by atoms with E-state index in [-0.39, 0.29) is 28.4 Å². The van der Waals surface area contributed by atoms with Gasteiger partial charge in [-0.3, -0.25) is 19.1 Å². The molecular weight excluding hydrogens is 420 g/mol. The van der Waals surface area contributed by atoms with Crippen LogP contribution in [-0.2, 0) is 6.54 Å². The number of hydrogen-bond donors (Lipinski definition) is 2. The lowest BCUT2D eigenvalue weighted by molar-refractivity contribution is 0.102. The molecule has 3 heterocycles. The van der Waals surface area contributed by atoms with E-state index in [1.165, 1.54) is 4.57 Å². The molecule has 176 valence electrons. The highest BCUT2D eigenvalue weighted by atomic mass is 16.2. The molecule has 0 aliphatic carbocycles. The molecule has 0 bridgehead atoms. The van der Waals surface area contributed by atoms with E-state index in [9.17, 15) is 14.4 Å². The van der Waals surface area contributed by atoms with E-state index in [1.807, 2.05) is 33.8 Å². The zero-order valence-corrected chi connectivity index (χ0v) is 20.1. The predicted octanol–water partition coefficient (Wildman–Crippen LogP) is 3.36. The Labute approximate surface area is 192 Å². The summed E-state index contributed by atoms with van der Waals surface area (Å²) < 4.78 is 1.44. The molecular formula is C24H32N6O3. The van der Waals surface area contributed by atoms with Gasteiger partial charge in [0.25, 0.3) is 11.5 Å². The zero-order valence-electron chi connectivity index (χ0n) is 20.1. The Morgan fingerprint density at radius 2 is 1.85 bits per heavy atom. The second-order valence-corrected chi connectivity index (χ2v) is 8.74. The predicted molar refractivity (Wildman–Crippen MR) is 131 cm³/mol. The van der Waals surface area contributed by atoms with Crippen molar-refractivity contribution in [2.45, 2.75) is 54.0 Å². The molecule has 3 rings (SSSR count). The molecule has 0 aliphatic heterocycles. The third kappa shape index (κ3) is 5.13. The van der Waals surface area contributed by atoms with Crippen LogP contribution in [-0.4, -0.2) is 38.5 Å². The van der Waals surface area contributed by atoms with Crippen LogP contribution >= 0.6 is 0 Å². The van der Waals surface area contributed by atoms with Gasteiger partial charge in [-0.2, -0.15) is 0 Å². The standard InChI is InChI=1S/C24H32N6O3/c1-7-29(8-2)19-10-9-16(12-25-19)26-22(31)17-11-18(15(5)6)27-21-20(17)23(32)28-24(33)30(21)13-14(3)4/h9-12,14-15H,7-8,13H2,1-6H3,(H,26,31)(H,28,32,33). The minimum atomic E-state index is -0.627. The summed E-state index contributed by atoms with van der Waals surface area (Å²) in [7, 11) is 0. The molecule has 0 aliphatic rings. The van der Waals surface area contributed by atoms with Crippen LogP contribution in [0.25, 0.3) is 11.0 Å². The molecule has 0 saturated carbocycles. The minimum Gasteiger partial charge on any atom is -0.357 e. The first-order chi connectivity index (χ1) is 15.7. The quantitative estimate of drug-likeness (QED) is 0.542. The normalized spacial score (nSPS) is 11.4. The van der Waals surface area contributed by atoms with Gasteiger partial charge in [-0.15, -0.1) is 0 Å². The summed E-state index contributed by atoms with van der Waals surface area (Å²) in [6.07, 6.45) is 1.59. The first-order valence-corrected chi connectivity index (χ1v) is 11.4. The molecule has 0 aromatic carbocycles. The molecule has 2 N–H and O–H groups in total. The topological polar surface area (TPSA) is 113 Å². The maximum atomic E-state index is 13.3. The maximum Gasteiger partial charge on any atom is 0.330 e. The fraction of sp³-hybridized carbons (Fsp3) is 0.458. The molecule has 33 heavy (non-hydrogen) atoms. The Balaban J connectivity index is 2.10. The summed E-state index contributed by atoms with van der Waals surface area (Å²) in [5.74, 6) is 0.511. The highest BCUT2D eigenvalue weighted by Gasteiger charge is 2.21. The van der Waals surface area contributed by atoms with Crippen LogP contribution in [0.1, 0.15) is 63.5 Å². The van der Waals surface area contributed by atoms with Crippen molar-refractivity contribution in [1.29, 1.82) is 0 Å². The van der Waals surface area contributed by atoms with Gasteiger partial charge in [0, 0.05) is 25.3 Å². The Morgan fingerprint density at radius 3 is 2.39 bits per heavy atom. The average molecular weight is 453 g/mol. The molecule has 0 fully saturated rings. The number of aromatic amines is 1. The van der Waals surface area contributed by atoms with Gasteiger partial charge < -0.3 is 10.2 Å². The highest BCUT2D eigenvalue weighted by molar-refractivity contribution is 6.11.